The van der Waals surface area contributed by atoms with Gasteiger partial charge in [0.05, 0.1) is 0 Å². The van der Waals surface area contributed by atoms with Crippen LogP contribution in [-0.4, -0.2) is 56.3 Å². The van der Waals surface area contributed by atoms with Crippen molar-refractivity contribution in [1.29, 1.82) is 0 Å². The van der Waals surface area contributed by atoms with Crippen LogP contribution >= 0.6 is 0 Å². The number of carbonyl (C=O) groups is 1. The molecule has 0 bridgehead atoms. The van der Waals surface area contributed by atoms with Crippen LogP contribution in [0.15, 0.2) is 4.99 Å². The van der Waals surface area contributed by atoms with E-state index in [-0.39, 0.29) is 6.09 Å². The lowest BCUT2D eigenvalue weighted by molar-refractivity contribution is 0.0302. The van der Waals surface area contributed by atoms with Gasteiger partial charge >= 0.3 is 6.09 Å². The van der Waals surface area contributed by atoms with Crippen LogP contribution in [0.2, 0.25) is 0 Å². The Morgan fingerprint density at radius 2 is 1.96 bits per heavy atom. The molecule has 1 rings (SSSR count). The minimum absolute atomic E-state index is 0.304. The van der Waals surface area contributed by atoms with E-state index >= 15 is 0 Å². The molecule has 0 unspecified atom stereocenters. The molecule has 134 valence electrons. The second-order valence-corrected chi connectivity index (χ2v) is 7.46. The Labute approximate surface area is 141 Å². The van der Waals surface area contributed by atoms with Gasteiger partial charge in [0, 0.05) is 33.7 Å². The molecule has 0 aromatic carbocycles. The van der Waals surface area contributed by atoms with Crippen molar-refractivity contribution in [2.45, 2.75) is 59.0 Å². The number of likely N-dealkylation sites (N-methyl/N-ethyl adjacent to an activating group) is 1. The summed E-state index contributed by atoms with van der Waals surface area (Å²) in [5.41, 5.74) is -0.0153. The molecule has 6 nitrogen and oxygen atoms in total. The lowest BCUT2D eigenvalue weighted by atomic mass is 9.67. The maximum atomic E-state index is 11.9. The van der Waals surface area contributed by atoms with Crippen LogP contribution in [0.4, 0.5) is 4.79 Å². The Hall–Kier alpha value is -1.46. The molecule has 1 aliphatic rings. The van der Waals surface area contributed by atoms with E-state index in [1.165, 1.54) is 25.7 Å². The number of carbonyl (C=O) groups excluding carboxylic acids is 1. The highest BCUT2D eigenvalue weighted by molar-refractivity contribution is 5.79. The SMILES string of the molecule is CCC1(CNC(=NC)NCCN(C)C(=O)OC(C)(C)C)CCC1. The Balaban J connectivity index is 2.28. The average molecular weight is 326 g/mol. The minimum Gasteiger partial charge on any atom is -0.444 e. The van der Waals surface area contributed by atoms with Crippen LogP contribution < -0.4 is 10.6 Å². The van der Waals surface area contributed by atoms with Crippen molar-refractivity contribution in [2.75, 3.05) is 33.7 Å². The van der Waals surface area contributed by atoms with E-state index in [2.05, 4.69) is 22.5 Å². The number of aliphatic imine (C=N–C) groups is 1. The fraction of sp³-hybridized carbons (Fsp3) is 0.882. The van der Waals surface area contributed by atoms with Crippen LogP contribution in [0.25, 0.3) is 0 Å². The van der Waals surface area contributed by atoms with Crippen LogP contribution in [0.1, 0.15) is 53.4 Å². The van der Waals surface area contributed by atoms with Crippen molar-refractivity contribution in [3.05, 3.63) is 0 Å². The maximum absolute atomic E-state index is 11.9. The molecule has 0 aromatic heterocycles. The third-order valence-electron chi connectivity index (χ3n) is 4.46. The molecule has 23 heavy (non-hydrogen) atoms. The van der Waals surface area contributed by atoms with E-state index in [9.17, 15) is 4.79 Å². The second-order valence-electron chi connectivity index (χ2n) is 7.46. The van der Waals surface area contributed by atoms with Gasteiger partial charge < -0.3 is 20.3 Å². The monoisotopic (exact) mass is 326 g/mol. The van der Waals surface area contributed by atoms with E-state index in [1.54, 1.807) is 19.0 Å². The Morgan fingerprint density at radius 1 is 1.30 bits per heavy atom. The third kappa shape index (κ3) is 6.67. The Bertz CT molecular complexity index is 406. The number of hydrogen-bond acceptors (Lipinski definition) is 3. The minimum atomic E-state index is -0.465. The summed E-state index contributed by atoms with van der Waals surface area (Å²) in [4.78, 5) is 17.7. The highest BCUT2D eigenvalue weighted by Gasteiger charge is 2.34. The molecule has 0 spiro atoms. The molecule has 0 aromatic rings. The molecule has 6 heteroatoms. The smallest absolute Gasteiger partial charge is 0.410 e. The summed E-state index contributed by atoms with van der Waals surface area (Å²) in [6.07, 6.45) is 4.84. The normalized spacial score (nSPS) is 17.2. The van der Waals surface area contributed by atoms with Gasteiger partial charge in [-0.1, -0.05) is 13.3 Å². The predicted octanol–water partition coefficient (Wildman–Crippen LogP) is 2.60. The van der Waals surface area contributed by atoms with E-state index in [1.807, 2.05) is 20.8 Å². The first-order valence-corrected chi connectivity index (χ1v) is 8.60. The maximum Gasteiger partial charge on any atom is 0.410 e. The van der Waals surface area contributed by atoms with Crippen molar-refractivity contribution in [1.82, 2.24) is 15.5 Å². The lowest BCUT2D eigenvalue weighted by Crippen LogP contribution is -2.47. The largest absolute Gasteiger partial charge is 0.444 e. The van der Waals surface area contributed by atoms with E-state index in [0.717, 1.165) is 12.5 Å². The van der Waals surface area contributed by atoms with Gasteiger partial charge in [0.1, 0.15) is 5.60 Å². The van der Waals surface area contributed by atoms with E-state index in [4.69, 9.17) is 4.74 Å². The van der Waals surface area contributed by atoms with Gasteiger partial charge in [0.15, 0.2) is 5.96 Å². The number of nitrogens with zero attached hydrogens (tertiary/aromatic N) is 2. The Morgan fingerprint density at radius 3 is 2.39 bits per heavy atom. The fourth-order valence-corrected chi connectivity index (χ4v) is 2.60. The van der Waals surface area contributed by atoms with Gasteiger partial charge in [-0.25, -0.2) is 4.79 Å². The molecular weight excluding hydrogens is 292 g/mol. The summed E-state index contributed by atoms with van der Waals surface area (Å²) in [6.45, 7) is 10.0. The molecule has 0 radical (unpaired) electrons. The molecule has 0 saturated heterocycles. The summed E-state index contributed by atoms with van der Waals surface area (Å²) in [5.74, 6) is 0.794. The van der Waals surface area contributed by atoms with Gasteiger partial charge in [-0.2, -0.15) is 0 Å². The number of nitrogens with one attached hydrogen (secondary N) is 2. The van der Waals surface area contributed by atoms with Crippen LogP contribution in [0.5, 0.6) is 0 Å². The molecule has 1 aliphatic carbocycles. The second kappa shape index (κ2) is 8.41. The standard InChI is InChI=1S/C17H34N4O2/c1-7-17(9-8-10-17)13-20-14(18-5)19-11-12-21(6)15(22)23-16(2,3)4/h7-13H2,1-6H3,(H2,18,19,20). The first-order valence-electron chi connectivity index (χ1n) is 8.60. The first-order chi connectivity index (χ1) is 10.7. The zero-order valence-electron chi connectivity index (χ0n) is 15.7. The van der Waals surface area contributed by atoms with Gasteiger partial charge in [0.25, 0.3) is 0 Å². The van der Waals surface area contributed by atoms with Crippen molar-refractivity contribution in [2.24, 2.45) is 10.4 Å². The van der Waals surface area contributed by atoms with Crippen molar-refractivity contribution >= 4 is 12.1 Å². The summed E-state index contributed by atoms with van der Waals surface area (Å²) in [7, 11) is 3.51. The van der Waals surface area contributed by atoms with E-state index < -0.39 is 5.60 Å². The van der Waals surface area contributed by atoms with Crippen molar-refractivity contribution in [3.63, 3.8) is 0 Å². The molecule has 2 N–H and O–H groups in total. The number of hydrogen-bond donors (Lipinski definition) is 2. The number of guanidine groups is 1. The zero-order valence-corrected chi connectivity index (χ0v) is 15.7. The summed E-state index contributed by atoms with van der Waals surface area (Å²) < 4.78 is 5.33. The van der Waals surface area contributed by atoms with Crippen molar-refractivity contribution in [3.8, 4) is 0 Å². The number of amides is 1. The highest BCUT2D eigenvalue weighted by atomic mass is 16.6. The van der Waals surface area contributed by atoms with Gasteiger partial charge in [0.2, 0.25) is 0 Å². The Kier molecular flexibility index (Phi) is 7.16. The average Bonchev–Trinajstić information content (AvgIpc) is 2.42. The number of rotatable bonds is 6. The molecule has 0 aliphatic heterocycles. The summed E-state index contributed by atoms with van der Waals surface area (Å²) in [6, 6.07) is 0. The summed E-state index contributed by atoms with van der Waals surface area (Å²) in [5, 5.41) is 6.66. The first kappa shape index (κ1) is 19.6. The van der Waals surface area contributed by atoms with Gasteiger partial charge in [-0.15, -0.1) is 0 Å². The highest BCUT2D eigenvalue weighted by Crippen LogP contribution is 2.42. The lowest BCUT2D eigenvalue weighted by Gasteiger charge is -2.41. The molecule has 1 saturated carbocycles. The third-order valence-corrected chi connectivity index (χ3v) is 4.46. The van der Waals surface area contributed by atoms with Crippen molar-refractivity contribution < 1.29 is 9.53 Å². The molecule has 0 atom stereocenters. The molecular formula is C17H34N4O2. The topological polar surface area (TPSA) is 66.0 Å². The van der Waals surface area contributed by atoms with Crippen LogP contribution in [0, 0.1) is 5.41 Å². The quantitative estimate of drug-likeness (QED) is 0.582. The molecule has 1 amide bonds. The van der Waals surface area contributed by atoms with Crippen LogP contribution in [0.3, 0.4) is 0 Å². The van der Waals surface area contributed by atoms with Gasteiger partial charge in [-0.3, -0.25) is 4.99 Å². The van der Waals surface area contributed by atoms with Crippen LogP contribution in [-0.2, 0) is 4.74 Å². The zero-order chi connectivity index (χ0) is 17.5. The van der Waals surface area contributed by atoms with E-state index in [0.29, 0.717) is 18.5 Å². The predicted molar refractivity (Wildman–Crippen MR) is 94.8 cm³/mol. The molecule has 1 fully saturated rings. The summed E-state index contributed by atoms with van der Waals surface area (Å²) >= 11 is 0. The fourth-order valence-electron chi connectivity index (χ4n) is 2.60. The molecule has 0 heterocycles. The number of ether oxygens (including phenoxy) is 1. The van der Waals surface area contributed by atoms with Gasteiger partial charge in [-0.05, 0) is 45.4 Å².